The second-order valence-corrected chi connectivity index (χ2v) is 5.61. The molecule has 5 heteroatoms. The van der Waals surface area contributed by atoms with Crippen LogP contribution in [0.5, 0.6) is 0 Å². The molecule has 0 unspecified atom stereocenters. The van der Waals surface area contributed by atoms with Crippen LogP contribution in [0.1, 0.15) is 12.8 Å². The van der Waals surface area contributed by atoms with Gasteiger partial charge in [0, 0.05) is 24.8 Å². The third kappa shape index (κ3) is 2.41. The summed E-state index contributed by atoms with van der Waals surface area (Å²) in [4.78, 5) is 23.3. The van der Waals surface area contributed by atoms with Gasteiger partial charge in [-0.15, -0.1) is 0 Å². The van der Waals surface area contributed by atoms with E-state index in [1.807, 2.05) is 12.1 Å². The first-order chi connectivity index (χ1) is 9.65. The smallest absolute Gasteiger partial charge is 0.258 e. The number of anilines is 1. The Balaban J connectivity index is 1.85. The van der Waals surface area contributed by atoms with Gasteiger partial charge in [-0.1, -0.05) is 0 Å². The molecule has 1 fully saturated rings. The summed E-state index contributed by atoms with van der Waals surface area (Å²) in [6, 6.07) is 6.61. The lowest BCUT2D eigenvalue weighted by Crippen LogP contribution is -2.42. The van der Waals surface area contributed by atoms with Crippen LogP contribution < -0.4 is 10.5 Å². The summed E-state index contributed by atoms with van der Waals surface area (Å²) in [5, 5.41) is 0.666. The highest BCUT2D eigenvalue weighted by molar-refractivity contribution is 5.81. The molecular weight excluding hydrogens is 252 g/mol. The average molecular weight is 272 g/mol. The molecule has 0 spiro atoms. The number of hydrogen-bond donors (Lipinski definition) is 1. The first kappa shape index (κ1) is 13.1. The number of nitrogens with zero attached hydrogens (tertiary/aromatic N) is 3. The Morgan fingerprint density at radius 1 is 1.30 bits per heavy atom. The van der Waals surface area contributed by atoms with Gasteiger partial charge in [-0.05, 0) is 45.1 Å². The standard InChI is InChI=1S/C15H20N4O/c1-18(2)11-5-7-19(8-6-11)12-3-4-14-13(9-12)15(20)17-10-16-14/h3-4,9-11H,5-8H2,1-2H3,(H,16,17,20). The lowest BCUT2D eigenvalue weighted by molar-refractivity contribution is 0.249. The molecular formula is C15H20N4O. The minimum absolute atomic E-state index is 0.0694. The number of rotatable bonds is 2. The minimum atomic E-state index is -0.0694. The molecule has 2 heterocycles. The van der Waals surface area contributed by atoms with Gasteiger partial charge in [-0.3, -0.25) is 4.79 Å². The van der Waals surface area contributed by atoms with Gasteiger partial charge in [-0.2, -0.15) is 0 Å². The zero-order valence-electron chi connectivity index (χ0n) is 12.0. The van der Waals surface area contributed by atoms with E-state index in [1.165, 1.54) is 6.33 Å². The lowest BCUT2D eigenvalue weighted by Gasteiger charge is -2.36. The molecule has 0 aliphatic carbocycles. The van der Waals surface area contributed by atoms with Crippen LogP contribution in [0.2, 0.25) is 0 Å². The van der Waals surface area contributed by atoms with Crippen molar-refractivity contribution in [2.24, 2.45) is 0 Å². The van der Waals surface area contributed by atoms with Gasteiger partial charge in [0.05, 0.1) is 17.2 Å². The van der Waals surface area contributed by atoms with Crippen LogP contribution >= 0.6 is 0 Å². The summed E-state index contributed by atoms with van der Waals surface area (Å²) in [6.45, 7) is 2.07. The molecule has 1 aliphatic rings. The van der Waals surface area contributed by atoms with Crippen LogP contribution in [-0.2, 0) is 0 Å². The van der Waals surface area contributed by atoms with Crippen molar-refractivity contribution < 1.29 is 0 Å². The number of aromatic amines is 1. The lowest BCUT2D eigenvalue weighted by atomic mass is 10.0. The van der Waals surface area contributed by atoms with E-state index >= 15 is 0 Å². The van der Waals surface area contributed by atoms with Crippen LogP contribution in [0.15, 0.2) is 29.3 Å². The summed E-state index contributed by atoms with van der Waals surface area (Å²) in [5.41, 5.74) is 1.80. The summed E-state index contributed by atoms with van der Waals surface area (Å²) >= 11 is 0. The fraction of sp³-hybridized carbons (Fsp3) is 0.467. The summed E-state index contributed by atoms with van der Waals surface area (Å²) in [6.07, 6.45) is 3.77. The SMILES string of the molecule is CN(C)C1CCN(c2ccc3nc[nH]c(=O)c3c2)CC1. The third-order valence-corrected chi connectivity index (χ3v) is 4.18. The maximum absolute atomic E-state index is 11.8. The minimum Gasteiger partial charge on any atom is -0.371 e. The van der Waals surface area contributed by atoms with E-state index in [9.17, 15) is 4.79 Å². The fourth-order valence-corrected chi connectivity index (χ4v) is 2.89. The van der Waals surface area contributed by atoms with Crippen molar-refractivity contribution in [1.82, 2.24) is 14.9 Å². The second-order valence-electron chi connectivity index (χ2n) is 5.61. The van der Waals surface area contributed by atoms with Gasteiger partial charge in [0.1, 0.15) is 0 Å². The van der Waals surface area contributed by atoms with Crippen molar-refractivity contribution in [2.45, 2.75) is 18.9 Å². The predicted molar refractivity (Wildman–Crippen MR) is 81.3 cm³/mol. The van der Waals surface area contributed by atoms with E-state index < -0.39 is 0 Å². The molecule has 2 aromatic rings. The molecule has 106 valence electrons. The summed E-state index contributed by atoms with van der Waals surface area (Å²) in [7, 11) is 4.28. The third-order valence-electron chi connectivity index (χ3n) is 4.18. The monoisotopic (exact) mass is 272 g/mol. The van der Waals surface area contributed by atoms with Gasteiger partial charge in [0.2, 0.25) is 0 Å². The Kier molecular flexibility index (Phi) is 3.44. The average Bonchev–Trinajstić information content (AvgIpc) is 2.47. The molecule has 0 saturated carbocycles. The predicted octanol–water partition coefficient (Wildman–Crippen LogP) is 1.45. The maximum Gasteiger partial charge on any atom is 0.258 e. The Morgan fingerprint density at radius 2 is 2.05 bits per heavy atom. The zero-order valence-corrected chi connectivity index (χ0v) is 12.0. The second kappa shape index (κ2) is 5.25. The Morgan fingerprint density at radius 3 is 2.75 bits per heavy atom. The number of nitrogens with one attached hydrogen (secondary N) is 1. The van der Waals surface area contributed by atoms with Crippen LogP contribution in [-0.4, -0.2) is 48.1 Å². The van der Waals surface area contributed by atoms with Crippen molar-refractivity contribution in [3.63, 3.8) is 0 Å². The molecule has 0 bridgehead atoms. The topological polar surface area (TPSA) is 52.2 Å². The number of hydrogen-bond acceptors (Lipinski definition) is 4. The normalized spacial score (nSPS) is 17.1. The molecule has 0 atom stereocenters. The Labute approximate surface area is 118 Å². The van der Waals surface area contributed by atoms with Crippen LogP contribution in [0.4, 0.5) is 5.69 Å². The molecule has 1 N–H and O–H groups in total. The van der Waals surface area contributed by atoms with E-state index in [0.717, 1.165) is 37.1 Å². The number of fused-ring (bicyclic) bond motifs is 1. The van der Waals surface area contributed by atoms with Gasteiger partial charge in [-0.25, -0.2) is 4.98 Å². The van der Waals surface area contributed by atoms with Crippen LogP contribution in [0.25, 0.3) is 10.9 Å². The van der Waals surface area contributed by atoms with Crippen LogP contribution in [0.3, 0.4) is 0 Å². The van der Waals surface area contributed by atoms with Crippen molar-refractivity contribution in [3.05, 3.63) is 34.9 Å². The van der Waals surface area contributed by atoms with E-state index in [4.69, 9.17) is 0 Å². The molecule has 5 nitrogen and oxygen atoms in total. The van der Waals surface area contributed by atoms with E-state index in [2.05, 4.69) is 39.9 Å². The van der Waals surface area contributed by atoms with Crippen molar-refractivity contribution >= 4 is 16.6 Å². The largest absolute Gasteiger partial charge is 0.371 e. The van der Waals surface area contributed by atoms with Crippen molar-refractivity contribution in [2.75, 3.05) is 32.1 Å². The Bertz CT molecular complexity index is 656. The Hall–Kier alpha value is -1.88. The first-order valence-corrected chi connectivity index (χ1v) is 7.04. The first-order valence-electron chi connectivity index (χ1n) is 7.04. The van der Waals surface area contributed by atoms with Gasteiger partial charge < -0.3 is 14.8 Å². The summed E-state index contributed by atoms with van der Waals surface area (Å²) < 4.78 is 0. The van der Waals surface area contributed by atoms with Crippen LogP contribution in [0, 0.1) is 0 Å². The number of piperidine rings is 1. The fourth-order valence-electron chi connectivity index (χ4n) is 2.89. The molecule has 1 aromatic heterocycles. The molecule has 20 heavy (non-hydrogen) atoms. The molecule has 0 radical (unpaired) electrons. The van der Waals surface area contributed by atoms with Gasteiger partial charge >= 0.3 is 0 Å². The van der Waals surface area contributed by atoms with Gasteiger partial charge in [0.25, 0.3) is 5.56 Å². The number of benzene rings is 1. The van der Waals surface area contributed by atoms with Gasteiger partial charge in [0.15, 0.2) is 0 Å². The molecule has 3 rings (SSSR count). The molecule has 1 aromatic carbocycles. The molecule has 1 saturated heterocycles. The van der Waals surface area contributed by atoms with E-state index in [0.29, 0.717) is 11.4 Å². The maximum atomic E-state index is 11.8. The van der Waals surface area contributed by atoms with E-state index in [1.54, 1.807) is 0 Å². The van der Waals surface area contributed by atoms with Crippen molar-refractivity contribution in [1.29, 1.82) is 0 Å². The number of aromatic nitrogens is 2. The highest BCUT2D eigenvalue weighted by Crippen LogP contribution is 2.23. The molecule has 1 aliphatic heterocycles. The summed E-state index contributed by atoms with van der Waals surface area (Å²) in [5.74, 6) is 0. The van der Waals surface area contributed by atoms with Crippen molar-refractivity contribution in [3.8, 4) is 0 Å². The highest BCUT2D eigenvalue weighted by atomic mass is 16.1. The van der Waals surface area contributed by atoms with E-state index in [-0.39, 0.29) is 5.56 Å². The quantitative estimate of drug-likeness (QED) is 0.899. The molecule has 0 amide bonds. The highest BCUT2D eigenvalue weighted by Gasteiger charge is 2.20. The number of H-pyrrole nitrogens is 1. The zero-order chi connectivity index (χ0) is 14.1.